The number of aromatic nitrogens is 1. The molecule has 0 saturated heterocycles. The number of anilines is 1. The lowest BCUT2D eigenvalue weighted by molar-refractivity contribution is 0.102. The van der Waals surface area contributed by atoms with Gasteiger partial charge in [-0.05, 0) is 24.6 Å². The molecule has 0 unspecified atom stereocenters. The quantitative estimate of drug-likeness (QED) is 0.748. The van der Waals surface area contributed by atoms with Crippen LogP contribution in [0.5, 0.6) is 5.75 Å². The summed E-state index contributed by atoms with van der Waals surface area (Å²) in [5.74, 6) is 1.29. The molecule has 0 aliphatic carbocycles. The molecule has 0 atom stereocenters. The molecule has 3 rings (SSSR count). The van der Waals surface area contributed by atoms with Crippen LogP contribution in [0.1, 0.15) is 21.7 Å². The van der Waals surface area contributed by atoms with Crippen LogP contribution in [0.3, 0.4) is 0 Å². The zero-order valence-electron chi connectivity index (χ0n) is 13.4. The Hall–Kier alpha value is -3.08. The predicted molar refractivity (Wildman–Crippen MR) is 91.3 cm³/mol. The number of ether oxygens (including phenoxy) is 1. The maximum Gasteiger partial charge on any atom is 0.260 e. The second-order valence-electron chi connectivity index (χ2n) is 5.36. The summed E-state index contributed by atoms with van der Waals surface area (Å²) in [6, 6.07) is 18.9. The monoisotopic (exact) mass is 322 g/mol. The largest absolute Gasteiger partial charge is 0.492 e. The van der Waals surface area contributed by atoms with E-state index in [0.29, 0.717) is 29.5 Å². The van der Waals surface area contributed by atoms with Crippen LogP contribution >= 0.6 is 0 Å². The normalized spacial score (nSPS) is 10.4. The Kier molecular flexibility index (Phi) is 4.91. The number of rotatable bonds is 6. The average molecular weight is 322 g/mol. The number of carbonyl (C=O) groups is 1. The number of hydrogen-bond donors (Lipinski definition) is 1. The highest BCUT2D eigenvalue weighted by Crippen LogP contribution is 2.20. The first-order valence-electron chi connectivity index (χ1n) is 7.73. The minimum absolute atomic E-state index is 0.279. The van der Waals surface area contributed by atoms with E-state index in [4.69, 9.17) is 9.26 Å². The number of benzene rings is 2. The number of amides is 1. The summed E-state index contributed by atoms with van der Waals surface area (Å²) in [4.78, 5) is 12.4. The van der Waals surface area contributed by atoms with Crippen molar-refractivity contribution in [3.8, 4) is 5.75 Å². The van der Waals surface area contributed by atoms with E-state index in [1.54, 1.807) is 31.2 Å². The average Bonchev–Trinajstić information content (AvgIpc) is 3.01. The number of aryl methyl sites for hydroxylation is 1. The Morgan fingerprint density at radius 1 is 1.12 bits per heavy atom. The Morgan fingerprint density at radius 3 is 2.62 bits per heavy atom. The minimum Gasteiger partial charge on any atom is -0.492 e. The summed E-state index contributed by atoms with van der Waals surface area (Å²) >= 11 is 0. The lowest BCUT2D eigenvalue weighted by Crippen LogP contribution is -2.14. The lowest BCUT2D eigenvalue weighted by atomic mass is 10.1. The van der Waals surface area contributed by atoms with Gasteiger partial charge in [0.1, 0.15) is 11.5 Å². The molecule has 0 saturated carbocycles. The highest BCUT2D eigenvalue weighted by Gasteiger charge is 2.14. The molecular weight excluding hydrogens is 304 g/mol. The number of para-hydroxylation sites is 1. The van der Waals surface area contributed by atoms with Crippen LogP contribution in [0.25, 0.3) is 0 Å². The third kappa shape index (κ3) is 4.01. The molecule has 0 radical (unpaired) electrons. The topological polar surface area (TPSA) is 64.4 Å². The van der Waals surface area contributed by atoms with Crippen LogP contribution in [0, 0.1) is 6.92 Å². The van der Waals surface area contributed by atoms with Gasteiger partial charge in [-0.2, -0.15) is 0 Å². The van der Waals surface area contributed by atoms with Crippen molar-refractivity contribution in [2.24, 2.45) is 0 Å². The highest BCUT2D eigenvalue weighted by atomic mass is 16.5. The van der Waals surface area contributed by atoms with Crippen molar-refractivity contribution in [2.45, 2.75) is 13.3 Å². The van der Waals surface area contributed by atoms with Gasteiger partial charge in [0.2, 0.25) is 0 Å². The summed E-state index contributed by atoms with van der Waals surface area (Å²) in [6.45, 7) is 2.26. The Balaban J connectivity index is 1.65. The third-order valence-corrected chi connectivity index (χ3v) is 3.49. The third-order valence-electron chi connectivity index (χ3n) is 3.49. The van der Waals surface area contributed by atoms with Gasteiger partial charge >= 0.3 is 0 Å². The van der Waals surface area contributed by atoms with Gasteiger partial charge in [-0.1, -0.05) is 47.6 Å². The van der Waals surface area contributed by atoms with Crippen LogP contribution in [0.2, 0.25) is 0 Å². The Bertz CT molecular complexity index is 812. The van der Waals surface area contributed by atoms with Crippen molar-refractivity contribution in [2.75, 3.05) is 11.9 Å². The van der Waals surface area contributed by atoms with Crippen molar-refractivity contribution >= 4 is 11.7 Å². The fourth-order valence-corrected chi connectivity index (χ4v) is 2.31. The summed E-state index contributed by atoms with van der Waals surface area (Å²) < 4.78 is 10.7. The zero-order valence-corrected chi connectivity index (χ0v) is 13.4. The van der Waals surface area contributed by atoms with E-state index in [9.17, 15) is 4.79 Å². The molecule has 0 aliphatic heterocycles. The second kappa shape index (κ2) is 7.46. The fraction of sp³-hybridized carbons (Fsp3) is 0.158. The van der Waals surface area contributed by atoms with E-state index in [2.05, 4.69) is 22.6 Å². The summed E-state index contributed by atoms with van der Waals surface area (Å²) in [5, 5.41) is 6.47. The summed E-state index contributed by atoms with van der Waals surface area (Å²) in [6.07, 6.45) is 0.777. The van der Waals surface area contributed by atoms with Crippen molar-refractivity contribution in [3.63, 3.8) is 0 Å². The molecule has 0 bridgehead atoms. The fourth-order valence-electron chi connectivity index (χ4n) is 2.31. The molecular formula is C19H18N2O3. The lowest BCUT2D eigenvalue weighted by Gasteiger charge is -2.11. The van der Waals surface area contributed by atoms with Gasteiger partial charge in [-0.25, -0.2) is 0 Å². The van der Waals surface area contributed by atoms with E-state index in [1.807, 2.05) is 24.3 Å². The highest BCUT2D eigenvalue weighted by molar-refractivity contribution is 6.05. The molecule has 1 N–H and O–H groups in total. The van der Waals surface area contributed by atoms with Crippen LogP contribution in [0.4, 0.5) is 5.82 Å². The second-order valence-corrected chi connectivity index (χ2v) is 5.36. The summed E-state index contributed by atoms with van der Waals surface area (Å²) in [7, 11) is 0. The SMILES string of the molecule is Cc1cc(NC(=O)c2ccccc2OCCc2ccccc2)no1. The Morgan fingerprint density at radius 2 is 1.88 bits per heavy atom. The summed E-state index contributed by atoms with van der Waals surface area (Å²) in [5.41, 5.74) is 1.66. The van der Waals surface area contributed by atoms with E-state index >= 15 is 0 Å². The van der Waals surface area contributed by atoms with Crippen molar-refractivity contribution in [3.05, 3.63) is 77.6 Å². The van der Waals surface area contributed by atoms with E-state index in [-0.39, 0.29) is 5.91 Å². The van der Waals surface area contributed by atoms with Gasteiger partial charge in [0.15, 0.2) is 5.82 Å². The Labute approximate surface area is 140 Å². The molecule has 5 heteroatoms. The van der Waals surface area contributed by atoms with Gasteiger partial charge in [-0.15, -0.1) is 0 Å². The van der Waals surface area contributed by atoms with Gasteiger partial charge in [-0.3, -0.25) is 4.79 Å². The molecule has 24 heavy (non-hydrogen) atoms. The maximum atomic E-state index is 12.4. The first-order chi connectivity index (χ1) is 11.7. The van der Waals surface area contributed by atoms with Crippen molar-refractivity contribution < 1.29 is 14.1 Å². The number of nitrogens with one attached hydrogen (secondary N) is 1. The number of nitrogens with zero attached hydrogens (tertiary/aromatic N) is 1. The maximum absolute atomic E-state index is 12.4. The van der Waals surface area contributed by atoms with Gasteiger partial charge in [0.25, 0.3) is 5.91 Å². The van der Waals surface area contributed by atoms with Gasteiger partial charge in [0, 0.05) is 12.5 Å². The van der Waals surface area contributed by atoms with Crippen LogP contribution < -0.4 is 10.1 Å². The smallest absolute Gasteiger partial charge is 0.260 e. The number of carbonyl (C=O) groups excluding carboxylic acids is 1. The molecule has 1 amide bonds. The first-order valence-corrected chi connectivity index (χ1v) is 7.73. The minimum atomic E-state index is -0.279. The predicted octanol–water partition coefficient (Wildman–Crippen LogP) is 3.86. The molecule has 3 aromatic rings. The molecule has 5 nitrogen and oxygen atoms in total. The van der Waals surface area contributed by atoms with E-state index in [1.165, 1.54) is 5.56 Å². The number of hydrogen-bond acceptors (Lipinski definition) is 4. The van der Waals surface area contributed by atoms with E-state index < -0.39 is 0 Å². The molecule has 0 fully saturated rings. The van der Waals surface area contributed by atoms with Crippen LogP contribution in [-0.2, 0) is 6.42 Å². The zero-order chi connectivity index (χ0) is 16.8. The van der Waals surface area contributed by atoms with Crippen molar-refractivity contribution in [1.29, 1.82) is 0 Å². The van der Waals surface area contributed by atoms with Crippen LogP contribution in [-0.4, -0.2) is 17.7 Å². The van der Waals surface area contributed by atoms with Gasteiger partial charge in [0.05, 0.1) is 12.2 Å². The van der Waals surface area contributed by atoms with E-state index in [0.717, 1.165) is 6.42 Å². The molecule has 122 valence electrons. The molecule has 0 aliphatic rings. The molecule has 1 aromatic heterocycles. The molecule has 1 heterocycles. The molecule has 0 spiro atoms. The van der Waals surface area contributed by atoms with Gasteiger partial charge < -0.3 is 14.6 Å². The first kappa shape index (κ1) is 15.8. The van der Waals surface area contributed by atoms with Crippen LogP contribution in [0.15, 0.2) is 65.2 Å². The standard InChI is InChI=1S/C19H18N2O3/c1-14-13-18(21-24-14)20-19(22)16-9-5-6-10-17(16)23-12-11-15-7-3-2-4-8-15/h2-10,13H,11-12H2,1H3,(H,20,21,22). The van der Waals surface area contributed by atoms with Crippen molar-refractivity contribution in [1.82, 2.24) is 5.16 Å². The molecule has 2 aromatic carbocycles.